The fourth-order valence-corrected chi connectivity index (χ4v) is 6.85. The van der Waals surface area contributed by atoms with Gasteiger partial charge >= 0.3 is 5.51 Å². The molecule has 9 nitrogen and oxygen atoms in total. The lowest BCUT2D eigenvalue weighted by Crippen LogP contribution is -2.48. The van der Waals surface area contributed by atoms with Crippen molar-refractivity contribution in [2.24, 2.45) is 0 Å². The van der Waals surface area contributed by atoms with Gasteiger partial charge in [0.05, 0.1) is 27.9 Å². The number of nitrogens with zero attached hydrogens (tertiary/aromatic N) is 5. The van der Waals surface area contributed by atoms with Gasteiger partial charge in [0.25, 0.3) is 0 Å². The first kappa shape index (κ1) is 25.8. The molecule has 0 unspecified atom stereocenters. The Morgan fingerprint density at radius 2 is 2.00 bits per heavy atom. The molecule has 0 aliphatic carbocycles. The van der Waals surface area contributed by atoms with E-state index in [-0.39, 0.29) is 45.7 Å². The second-order valence-corrected chi connectivity index (χ2v) is 11.3. The first-order valence-corrected chi connectivity index (χ1v) is 13.8. The van der Waals surface area contributed by atoms with Crippen molar-refractivity contribution in [1.82, 2.24) is 25.4 Å². The van der Waals surface area contributed by atoms with E-state index in [0.717, 1.165) is 11.3 Å². The van der Waals surface area contributed by atoms with Gasteiger partial charge in [0.15, 0.2) is 0 Å². The number of amides is 1. The maximum atomic E-state index is 15.2. The molecule has 3 aromatic heterocycles. The van der Waals surface area contributed by atoms with E-state index in [9.17, 15) is 18.0 Å². The van der Waals surface area contributed by atoms with E-state index in [0.29, 0.717) is 47.5 Å². The van der Waals surface area contributed by atoms with Crippen molar-refractivity contribution in [3.63, 3.8) is 0 Å². The highest BCUT2D eigenvalue weighted by Gasteiger charge is 2.36. The summed E-state index contributed by atoms with van der Waals surface area (Å²) in [4.78, 5) is 26.2. The van der Waals surface area contributed by atoms with Gasteiger partial charge in [-0.1, -0.05) is 17.3 Å². The molecular weight excluding hydrogens is 558 g/mol. The molecule has 6 rings (SSSR count). The van der Waals surface area contributed by atoms with Crippen molar-refractivity contribution in [2.75, 3.05) is 23.3 Å². The topological polar surface area (TPSA) is 109 Å². The number of hydrogen-bond donors (Lipinski definition) is 2. The molecule has 2 N–H and O–H groups in total. The molecule has 2 aliphatic heterocycles. The van der Waals surface area contributed by atoms with Gasteiger partial charge < -0.3 is 20.1 Å². The number of anilines is 2. The molecule has 1 aromatic carbocycles. The van der Waals surface area contributed by atoms with E-state index >= 15 is 4.39 Å². The van der Waals surface area contributed by atoms with Crippen LogP contribution in [0, 0.1) is 0 Å². The summed E-state index contributed by atoms with van der Waals surface area (Å²) in [5.41, 5.74) is -4.04. The third-order valence-electron chi connectivity index (χ3n) is 6.54. The van der Waals surface area contributed by atoms with Gasteiger partial charge in [-0.3, -0.25) is 4.79 Å². The van der Waals surface area contributed by atoms with Crippen LogP contribution in [-0.2, 0) is 4.79 Å². The minimum Gasteiger partial charge on any atom is -0.378 e. The number of fused-ring (bicyclic) bond motifs is 1. The molecule has 0 spiro atoms. The second-order valence-electron chi connectivity index (χ2n) is 9.16. The minimum atomic E-state index is -4.56. The summed E-state index contributed by atoms with van der Waals surface area (Å²) in [7, 11) is 0. The highest BCUT2D eigenvalue weighted by molar-refractivity contribution is 8.00. The molecular formula is C24H21F4N7O2S2. The van der Waals surface area contributed by atoms with Crippen molar-refractivity contribution in [3.8, 4) is 10.7 Å². The molecule has 1 amide bonds. The fourth-order valence-electron chi connectivity index (χ4n) is 4.75. The normalized spacial score (nSPS) is 21.9. The number of alkyl halides is 4. The summed E-state index contributed by atoms with van der Waals surface area (Å²) >= 11 is 0.830. The lowest BCUT2D eigenvalue weighted by atomic mass is 10.0. The van der Waals surface area contributed by atoms with Gasteiger partial charge in [0.2, 0.25) is 23.6 Å². The van der Waals surface area contributed by atoms with Crippen LogP contribution in [0.3, 0.4) is 0 Å². The van der Waals surface area contributed by atoms with E-state index in [1.807, 2.05) is 0 Å². The summed E-state index contributed by atoms with van der Waals surface area (Å²) in [5, 5.41) is 10.2. The molecule has 3 atom stereocenters. The molecule has 39 heavy (non-hydrogen) atoms. The van der Waals surface area contributed by atoms with E-state index in [1.165, 1.54) is 0 Å². The Kier molecular flexibility index (Phi) is 6.79. The van der Waals surface area contributed by atoms with Crippen LogP contribution in [0.2, 0.25) is 0 Å². The van der Waals surface area contributed by atoms with Crippen LogP contribution < -0.4 is 15.5 Å². The van der Waals surface area contributed by atoms with Crippen LogP contribution >= 0.6 is 23.1 Å². The quantitative estimate of drug-likeness (QED) is 0.231. The lowest BCUT2D eigenvalue weighted by molar-refractivity contribution is -0.119. The zero-order valence-electron chi connectivity index (χ0n) is 20.1. The third-order valence-corrected chi connectivity index (χ3v) is 8.77. The molecule has 0 radical (unpaired) electrons. The van der Waals surface area contributed by atoms with E-state index in [4.69, 9.17) is 4.52 Å². The number of aromatic nitrogens is 4. The van der Waals surface area contributed by atoms with E-state index in [2.05, 4.69) is 30.7 Å². The van der Waals surface area contributed by atoms with Crippen LogP contribution in [0.15, 0.2) is 46.1 Å². The van der Waals surface area contributed by atoms with Crippen molar-refractivity contribution < 1.29 is 26.9 Å². The molecule has 204 valence electrons. The van der Waals surface area contributed by atoms with Gasteiger partial charge in [-0.2, -0.15) is 18.2 Å². The minimum absolute atomic E-state index is 0.00425. The summed E-state index contributed by atoms with van der Waals surface area (Å²) in [6, 6.07) is 5.61. The van der Waals surface area contributed by atoms with Crippen LogP contribution in [0.1, 0.15) is 31.2 Å². The van der Waals surface area contributed by atoms with Crippen molar-refractivity contribution >= 4 is 50.7 Å². The van der Waals surface area contributed by atoms with Crippen LogP contribution in [0.25, 0.3) is 20.8 Å². The number of benzene rings is 1. The SMILES string of the molecule is O=C1CC[C@H](c2nc(-c3sc4c(N[C@@H]5CCN(c6ncccn6)C[C@@H]5F)cccc4c3SC(F)(F)F)no2)N1. The van der Waals surface area contributed by atoms with E-state index < -0.39 is 23.8 Å². The van der Waals surface area contributed by atoms with Gasteiger partial charge in [-0.25, -0.2) is 14.4 Å². The number of thiophene rings is 1. The van der Waals surface area contributed by atoms with Crippen LogP contribution in [0.4, 0.5) is 29.2 Å². The van der Waals surface area contributed by atoms with Crippen molar-refractivity contribution in [1.29, 1.82) is 0 Å². The number of hydrogen-bond acceptors (Lipinski definition) is 10. The van der Waals surface area contributed by atoms with Gasteiger partial charge in [-0.05, 0) is 36.7 Å². The maximum absolute atomic E-state index is 15.2. The van der Waals surface area contributed by atoms with E-state index in [1.54, 1.807) is 41.6 Å². The van der Waals surface area contributed by atoms with Crippen LogP contribution in [0.5, 0.6) is 0 Å². The van der Waals surface area contributed by atoms with Crippen molar-refractivity contribution in [2.45, 2.75) is 47.9 Å². The Hall–Kier alpha value is -3.46. The van der Waals surface area contributed by atoms with Gasteiger partial charge in [0, 0.05) is 35.6 Å². The maximum Gasteiger partial charge on any atom is 0.446 e. The summed E-state index contributed by atoms with van der Waals surface area (Å²) in [6.07, 6.45) is 3.15. The number of nitrogens with one attached hydrogen (secondary N) is 2. The largest absolute Gasteiger partial charge is 0.446 e. The monoisotopic (exact) mass is 579 g/mol. The van der Waals surface area contributed by atoms with Gasteiger partial charge in [-0.15, -0.1) is 11.3 Å². The first-order valence-electron chi connectivity index (χ1n) is 12.1. The molecule has 15 heteroatoms. The number of thioether (sulfide) groups is 1. The highest BCUT2D eigenvalue weighted by Crippen LogP contribution is 2.51. The lowest BCUT2D eigenvalue weighted by Gasteiger charge is -2.35. The predicted octanol–water partition coefficient (Wildman–Crippen LogP) is 5.33. The number of halogens is 4. The summed E-state index contributed by atoms with van der Waals surface area (Å²) in [5.74, 6) is 0.446. The molecule has 2 saturated heterocycles. The Labute approximate surface area is 227 Å². The standard InChI is InChI=1S/C24H21F4N7O2S2/c25-13-11-35(23-29-8-2-9-30-23)10-7-14(13)31-15-4-1-3-12-18(15)38-20(19(12)39-24(26,27)28)21-33-22(37-34-21)16-5-6-17(36)32-16/h1-4,8-9,13-14,16,31H,5-7,10-11H2,(H,32,36)/t13-,14+,16+/m0/s1. The number of rotatable bonds is 6. The molecule has 4 aromatic rings. The Morgan fingerprint density at radius 1 is 1.18 bits per heavy atom. The summed E-state index contributed by atoms with van der Waals surface area (Å²) in [6.45, 7) is 0.609. The van der Waals surface area contributed by atoms with Crippen LogP contribution in [-0.4, -0.2) is 56.8 Å². The number of carbonyl (C=O) groups is 1. The number of carbonyl (C=O) groups excluding carboxylic acids is 1. The molecule has 5 heterocycles. The zero-order chi connectivity index (χ0) is 27.1. The smallest absolute Gasteiger partial charge is 0.378 e. The average Bonchev–Trinajstić information content (AvgIpc) is 3.64. The molecule has 0 saturated carbocycles. The predicted molar refractivity (Wildman–Crippen MR) is 138 cm³/mol. The summed E-state index contributed by atoms with van der Waals surface area (Å²) < 4.78 is 61.9. The third kappa shape index (κ3) is 5.37. The molecule has 2 aliphatic rings. The average molecular weight is 580 g/mol. The zero-order valence-corrected chi connectivity index (χ0v) is 21.7. The second kappa shape index (κ2) is 10.3. The first-order chi connectivity index (χ1) is 18.7. The highest BCUT2D eigenvalue weighted by atomic mass is 32.2. The molecule has 0 bridgehead atoms. The Bertz CT molecular complexity index is 1500. The Morgan fingerprint density at radius 3 is 2.72 bits per heavy atom. The molecule has 2 fully saturated rings. The van der Waals surface area contributed by atoms with Gasteiger partial charge in [0.1, 0.15) is 12.2 Å². The van der Waals surface area contributed by atoms with Crippen molar-refractivity contribution in [3.05, 3.63) is 42.5 Å². The number of piperidine rings is 1. The fraction of sp³-hybridized carbons (Fsp3) is 0.375. The Balaban J connectivity index is 1.30.